The van der Waals surface area contributed by atoms with Gasteiger partial charge in [0.25, 0.3) is 0 Å². The third-order valence-corrected chi connectivity index (χ3v) is 4.60. The number of carbonyl (C=O) groups is 1. The van der Waals surface area contributed by atoms with Gasteiger partial charge in [0.2, 0.25) is 0 Å². The molecule has 1 aromatic heterocycles. The van der Waals surface area contributed by atoms with Crippen molar-refractivity contribution in [1.82, 2.24) is 9.88 Å². The number of nitrogens with one attached hydrogen (secondary N) is 2. The topological polar surface area (TPSA) is 75.5 Å². The summed E-state index contributed by atoms with van der Waals surface area (Å²) in [6.07, 6.45) is 3.36. The van der Waals surface area contributed by atoms with Crippen LogP contribution in [0, 0.1) is 0 Å². The SMILES string of the molecule is CCC(CC)(CO)NC(=O)Nc1ccc2ccn(CCOC)c2c1. The Kier molecular flexibility index (Phi) is 6.23. The van der Waals surface area contributed by atoms with E-state index in [4.69, 9.17) is 4.74 Å². The minimum Gasteiger partial charge on any atom is -0.394 e. The summed E-state index contributed by atoms with van der Waals surface area (Å²) in [5.41, 5.74) is 1.19. The van der Waals surface area contributed by atoms with Crippen molar-refractivity contribution in [2.45, 2.75) is 38.8 Å². The van der Waals surface area contributed by atoms with Crippen LogP contribution in [0.1, 0.15) is 26.7 Å². The van der Waals surface area contributed by atoms with Crippen molar-refractivity contribution in [3.05, 3.63) is 30.5 Å². The van der Waals surface area contributed by atoms with E-state index in [9.17, 15) is 9.90 Å². The maximum Gasteiger partial charge on any atom is 0.319 e. The molecule has 2 aromatic rings. The van der Waals surface area contributed by atoms with Gasteiger partial charge in [-0.2, -0.15) is 0 Å². The van der Waals surface area contributed by atoms with Gasteiger partial charge >= 0.3 is 6.03 Å². The van der Waals surface area contributed by atoms with E-state index in [1.54, 1.807) is 7.11 Å². The molecule has 0 saturated carbocycles. The smallest absolute Gasteiger partial charge is 0.319 e. The van der Waals surface area contributed by atoms with Gasteiger partial charge in [-0.05, 0) is 36.4 Å². The number of hydrogen-bond donors (Lipinski definition) is 3. The molecule has 6 nitrogen and oxygen atoms in total. The number of urea groups is 1. The average Bonchev–Trinajstić information content (AvgIpc) is 3.00. The van der Waals surface area contributed by atoms with Crippen molar-refractivity contribution < 1.29 is 14.6 Å². The van der Waals surface area contributed by atoms with Gasteiger partial charge in [-0.25, -0.2) is 4.79 Å². The van der Waals surface area contributed by atoms with Gasteiger partial charge in [-0.15, -0.1) is 0 Å². The second kappa shape index (κ2) is 8.17. The maximum absolute atomic E-state index is 12.3. The largest absolute Gasteiger partial charge is 0.394 e. The monoisotopic (exact) mass is 333 g/mol. The number of carbonyl (C=O) groups excluding carboxylic acids is 1. The summed E-state index contributed by atoms with van der Waals surface area (Å²) in [5, 5.41) is 16.4. The molecular weight excluding hydrogens is 306 g/mol. The lowest BCUT2D eigenvalue weighted by atomic mass is 9.94. The van der Waals surface area contributed by atoms with Crippen molar-refractivity contribution >= 4 is 22.6 Å². The summed E-state index contributed by atoms with van der Waals surface area (Å²) in [7, 11) is 1.68. The minimum absolute atomic E-state index is 0.0771. The molecule has 0 unspecified atom stereocenters. The Morgan fingerprint density at radius 3 is 2.67 bits per heavy atom. The zero-order chi connectivity index (χ0) is 17.6. The molecule has 0 aliphatic rings. The van der Waals surface area contributed by atoms with E-state index in [0.29, 0.717) is 19.4 Å². The molecule has 3 N–H and O–H groups in total. The van der Waals surface area contributed by atoms with Crippen LogP contribution in [0.2, 0.25) is 0 Å². The third kappa shape index (κ3) is 4.07. The van der Waals surface area contributed by atoms with E-state index >= 15 is 0 Å². The molecule has 2 rings (SSSR count). The zero-order valence-electron chi connectivity index (χ0n) is 14.6. The number of anilines is 1. The predicted octanol–water partition coefficient (Wildman–Crippen LogP) is 2.96. The summed E-state index contributed by atoms with van der Waals surface area (Å²) in [6, 6.07) is 7.54. The molecular formula is C18H27N3O3. The van der Waals surface area contributed by atoms with Gasteiger partial charge in [0.05, 0.1) is 24.3 Å². The molecule has 0 atom stereocenters. The van der Waals surface area contributed by atoms with Gasteiger partial charge in [0, 0.05) is 25.5 Å². The van der Waals surface area contributed by atoms with Crippen molar-refractivity contribution in [1.29, 1.82) is 0 Å². The number of methoxy groups -OCH3 is 1. The predicted molar refractivity (Wildman–Crippen MR) is 96.4 cm³/mol. The second-order valence-corrected chi connectivity index (χ2v) is 6.00. The fourth-order valence-electron chi connectivity index (χ4n) is 2.74. The Morgan fingerprint density at radius 1 is 1.29 bits per heavy atom. The highest BCUT2D eigenvalue weighted by Crippen LogP contribution is 2.21. The first-order valence-corrected chi connectivity index (χ1v) is 8.35. The number of amides is 2. The van der Waals surface area contributed by atoms with Crippen molar-refractivity contribution in [2.75, 3.05) is 25.6 Å². The highest BCUT2D eigenvalue weighted by atomic mass is 16.5. The Bertz CT molecular complexity index is 669. The highest BCUT2D eigenvalue weighted by Gasteiger charge is 2.27. The summed E-state index contributed by atoms with van der Waals surface area (Å²) < 4.78 is 7.22. The van der Waals surface area contributed by atoms with Crippen LogP contribution in [-0.2, 0) is 11.3 Å². The number of hydrogen-bond acceptors (Lipinski definition) is 3. The third-order valence-electron chi connectivity index (χ3n) is 4.60. The lowest BCUT2D eigenvalue weighted by Gasteiger charge is -2.30. The molecule has 2 amide bonds. The summed E-state index contributed by atoms with van der Waals surface area (Å²) in [5.74, 6) is 0. The molecule has 0 aliphatic heterocycles. The fourth-order valence-corrected chi connectivity index (χ4v) is 2.74. The Labute approximate surface area is 142 Å². The molecule has 1 heterocycles. The minimum atomic E-state index is -0.577. The van der Waals surface area contributed by atoms with Gasteiger partial charge in [0.15, 0.2) is 0 Å². The van der Waals surface area contributed by atoms with E-state index in [2.05, 4.69) is 15.2 Å². The molecule has 0 radical (unpaired) electrons. The first kappa shape index (κ1) is 18.3. The van der Waals surface area contributed by atoms with Gasteiger partial charge < -0.3 is 25.0 Å². The van der Waals surface area contributed by atoms with E-state index < -0.39 is 5.54 Å². The molecule has 0 bridgehead atoms. The number of fused-ring (bicyclic) bond motifs is 1. The van der Waals surface area contributed by atoms with Crippen molar-refractivity contribution in [3.63, 3.8) is 0 Å². The first-order valence-electron chi connectivity index (χ1n) is 8.35. The molecule has 6 heteroatoms. The van der Waals surface area contributed by atoms with E-state index in [1.165, 1.54) is 0 Å². The van der Waals surface area contributed by atoms with Crippen LogP contribution in [0.15, 0.2) is 30.5 Å². The molecule has 0 saturated heterocycles. The average molecular weight is 333 g/mol. The van der Waals surface area contributed by atoms with Crippen LogP contribution in [0.3, 0.4) is 0 Å². The Morgan fingerprint density at radius 2 is 2.04 bits per heavy atom. The van der Waals surface area contributed by atoms with Crippen LogP contribution in [0.25, 0.3) is 10.9 Å². The number of aliphatic hydroxyl groups excluding tert-OH is 1. The lowest BCUT2D eigenvalue weighted by molar-refractivity contribution is 0.155. The van der Waals surface area contributed by atoms with Gasteiger partial charge in [-0.3, -0.25) is 0 Å². The fraction of sp³-hybridized carbons (Fsp3) is 0.500. The Balaban J connectivity index is 2.13. The van der Waals surface area contributed by atoms with Crippen LogP contribution >= 0.6 is 0 Å². The number of benzene rings is 1. The van der Waals surface area contributed by atoms with Crippen LogP contribution in [0.4, 0.5) is 10.5 Å². The van der Waals surface area contributed by atoms with Gasteiger partial charge in [-0.1, -0.05) is 19.9 Å². The number of aromatic nitrogens is 1. The van der Waals surface area contributed by atoms with E-state index in [0.717, 1.165) is 23.1 Å². The molecule has 24 heavy (non-hydrogen) atoms. The van der Waals surface area contributed by atoms with E-state index in [-0.39, 0.29) is 12.6 Å². The van der Waals surface area contributed by atoms with Crippen LogP contribution in [-0.4, -0.2) is 41.6 Å². The Hall–Kier alpha value is -2.05. The number of nitrogens with zero attached hydrogens (tertiary/aromatic N) is 1. The quantitative estimate of drug-likeness (QED) is 0.695. The van der Waals surface area contributed by atoms with Crippen molar-refractivity contribution in [3.8, 4) is 0 Å². The van der Waals surface area contributed by atoms with Crippen LogP contribution < -0.4 is 10.6 Å². The highest BCUT2D eigenvalue weighted by molar-refractivity contribution is 5.93. The van der Waals surface area contributed by atoms with Gasteiger partial charge in [0.1, 0.15) is 0 Å². The number of aliphatic hydroxyl groups is 1. The molecule has 132 valence electrons. The van der Waals surface area contributed by atoms with Crippen LogP contribution in [0.5, 0.6) is 0 Å². The van der Waals surface area contributed by atoms with E-state index in [1.807, 2.05) is 44.3 Å². The summed E-state index contributed by atoms with van der Waals surface area (Å²) in [4.78, 5) is 12.3. The summed E-state index contributed by atoms with van der Waals surface area (Å²) >= 11 is 0. The van der Waals surface area contributed by atoms with Crippen molar-refractivity contribution in [2.24, 2.45) is 0 Å². The normalized spacial score (nSPS) is 11.7. The molecule has 1 aromatic carbocycles. The summed E-state index contributed by atoms with van der Waals surface area (Å²) in [6.45, 7) is 5.22. The molecule has 0 fully saturated rings. The molecule has 0 spiro atoms. The number of ether oxygens (including phenoxy) is 1. The number of rotatable bonds is 8. The molecule has 0 aliphatic carbocycles. The first-order chi connectivity index (χ1) is 11.6. The zero-order valence-corrected chi connectivity index (χ0v) is 14.6. The standard InChI is InChI=1S/C18H27N3O3/c1-4-18(5-2,13-22)20-17(23)19-15-7-6-14-8-9-21(10-11-24-3)16(14)12-15/h6-9,12,22H,4-5,10-11,13H2,1-3H3,(H2,19,20,23). The lowest BCUT2D eigenvalue weighted by Crippen LogP contribution is -2.52. The second-order valence-electron chi connectivity index (χ2n) is 6.00. The maximum atomic E-state index is 12.3.